The average Bonchev–Trinajstić information content (AvgIpc) is 2.90. The Labute approximate surface area is 135 Å². The second kappa shape index (κ2) is 5.76. The van der Waals surface area contributed by atoms with Gasteiger partial charge in [0.15, 0.2) is 23.1 Å². The molecule has 0 fully saturated rings. The number of rotatable bonds is 3. The van der Waals surface area contributed by atoms with Gasteiger partial charge in [0, 0.05) is 29.2 Å². The van der Waals surface area contributed by atoms with Crippen molar-refractivity contribution in [1.29, 1.82) is 0 Å². The van der Waals surface area contributed by atoms with Crippen molar-refractivity contribution >= 4 is 21.7 Å². The molecule has 0 saturated carbocycles. The number of carbonyl (C=O) groups excluding carboxylic acids is 1. The molecule has 0 aliphatic heterocycles. The first-order chi connectivity index (χ1) is 10.6. The highest BCUT2D eigenvalue weighted by molar-refractivity contribution is 9.10. The van der Waals surface area contributed by atoms with Gasteiger partial charge >= 0.3 is 0 Å². The van der Waals surface area contributed by atoms with E-state index in [4.69, 9.17) is 0 Å². The van der Waals surface area contributed by atoms with Crippen LogP contribution in [0.25, 0.3) is 17.2 Å². The predicted molar refractivity (Wildman–Crippen MR) is 84.8 cm³/mol. The van der Waals surface area contributed by atoms with Crippen LogP contribution < -0.4 is 0 Å². The van der Waals surface area contributed by atoms with Crippen LogP contribution in [0, 0.1) is 6.92 Å². The van der Waals surface area contributed by atoms with Gasteiger partial charge in [0.2, 0.25) is 0 Å². The van der Waals surface area contributed by atoms with Crippen LogP contribution in [0.5, 0.6) is 0 Å². The molecule has 7 heteroatoms. The number of aromatic nitrogens is 5. The van der Waals surface area contributed by atoms with Crippen LogP contribution in [0.15, 0.2) is 41.0 Å². The minimum absolute atomic E-state index is 0.120. The van der Waals surface area contributed by atoms with Gasteiger partial charge in [-0.3, -0.25) is 4.79 Å². The summed E-state index contributed by atoms with van der Waals surface area (Å²) >= 11 is 3.40. The molecule has 0 amide bonds. The minimum Gasteiger partial charge on any atom is -0.293 e. The summed E-state index contributed by atoms with van der Waals surface area (Å²) in [5.41, 5.74) is 1.91. The van der Waals surface area contributed by atoms with E-state index in [-0.39, 0.29) is 5.78 Å². The zero-order chi connectivity index (χ0) is 15.7. The lowest BCUT2D eigenvalue weighted by atomic mass is 10.2. The third-order valence-corrected chi connectivity index (χ3v) is 3.72. The van der Waals surface area contributed by atoms with Crippen molar-refractivity contribution in [3.63, 3.8) is 0 Å². The van der Waals surface area contributed by atoms with Crippen LogP contribution in [-0.4, -0.2) is 30.7 Å². The molecule has 22 heavy (non-hydrogen) atoms. The standard InChI is InChI=1S/C15H12BrN5O/c1-9-14(10(2)22)19-20-21(9)13-7-8-17-15(18-13)11-3-5-12(16)6-4-11/h3-8H,1-2H3. The summed E-state index contributed by atoms with van der Waals surface area (Å²) in [5.74, 6) is 1.04. The number of nitrogens with zero attached hydrogens (tertiary/aromatic N) is 5. The minimum atomic E-state index is -0.120. The molecule has 0 unspecified atom stereocenters. The SMILES string of the molecule is CC(=O)c1nnn(-c2ccnc(-c3ccc(Br)cc3)n2)c1C. The molecule has 6 nitrogen and oxygen atoms in total. The molecule has 1 aromatic carbocycles. The highest BCUT2D eigenvalue weighted by Crippen LogP contribution is 2.19. The van der Waals surface area contributed by atoms with Crippen molar-refractivity contribution in [2.24, 2.45) is 0 Å². The molecule has 2 heterocycles. The number of hydrogen-bond acceptors (Lipinski definition) is 5. The van der Waals surface area contributed by atoms with Crippen molar-refractivity contribution in [3.8, 4) is 17.2 Å². The van der Waals surface area contributed by atoms with E-state index in [1.807, 2.05) is 24.3 Å². The van der Waals surface area contributed by atoms with Crippen molar-refractivity contribution < 1.29 is 4.79 Å². The monoisotopic (exact) mass is 357 g/mol. The van der Waals surface area contributed by atoms with Crippen molar-refractivity contribution in [3.05, 3.63) is 52.4 Å². The highest BCUT2D eigenvalue weighted by atomic mass is 79.9. The molecule has 3 rings (SSSR count). The van der Waals surface area contributed by atoms with E-state index >= 15 is 0 Å². The first-order valence-electron chi connectivity index (χ1n) is 6.59. The van der Waals surface area contributed by atoms with Crippen LogP contribution in [-0.2, 0) is 0 Å². The third kappa shape index (κ3) is 2.67. The summed E-state index contributed by atoms with van der Waals surface area (Å²) in [6, 6.07) is 9.45. The number of ketones is 1. The Hall–Kier alpha value is -2.41. The van der Waals surface area contributed by atoms with Gasteiger partial charge in [-0.1, -0.05) is 33.3 Å². The molecule has 0 radical (unpaired) electrons. The summed E-state index contributed by atoms with van der Waals surface area (Å²) < 4.78 is 2.53. The Morgan fingerprint density at radius 2 is 1.91 bits per heavy atom. The van der Waals surface area contributed by atoms with Crippen LogP contribution in [0.3, 0.4) is 0 Å². The highest BCUT2D eigenvalue weighted by Gasteiger charge is 2.15. The maximum absolute atomic E-state index is 11.5. The van der Waals surface area contributed by atoms with Crippen LogP contribution in [0.2, 0.25) is 0 Å². The number of halogens is 1. The Morgan fingerprint density at radius 3 is 2.55 bits per heavy atom. The molecule has 110 valence electrons. The van der Waals surface area contributed by atoms with Crippen molar-refractivity contribution in [1.82, 2.24) is 25.0 Å². The first kappa shape index (κ1) is 14.5. The van der Waals surface area contributed by atoms with Crippen LogP contribution in [0.1, 0.15) is 23.1 Å². The van der Waals surface area contributed by atoms with Crippen LogP contribution in [0.4, 0.5) is 0 Å². The van der Waals surface area contributed by atoms with Gasteiger partial charge in [0.25, 0.3) is 0 Å². The summed E-state index contributed by atoms with van der Waals surface area (Å²) in [7, 11) is 0. The van der Waals surface area contributed by atoms with Gasteiger partial charge < -0.3 is 0 Å². The van der Waals surface area contributed by atoms with E-state index in [9.17, 15) is 4.79 Å². The summed E-state index contributed by atoms with van der Waals surface area (Å²) in [5, 5.41) is 7.91. The van der Waals surface area contributed by atoms with Gasteiger partial charge in [-0.2, -0.15) is 4.68 Å². The molecule has 0 N–H and O–H groups in total. The Bertz CT molecular complexity index is 841. The molecular weight excluding hydrogens is 346 g/mol. The summed E-state index contributed by atoms with van der Waals surface area (Å²) in [6.07, 6.45) is 1.66. The fourth-order valence-corrected chi connectivity index (χ4v) is 2.34. The van der Waals surface area contributed by atoms with E-state index in [2.05, 4.69) is 36.2 Å². The molecule has 0 saturated heterocycles. The fourth-order valence-electron chi connectivity index (χ4n) is 2.08. The maximum atomic E-state index is 11.5. The first-order valence-corrected chi connectivity index (χ1v) is 7.38. The Balaban J connectivity index is 2.05. The fraction of sp³-hybridized carbons (Fsp3) is 0.133. The number of Topliss-reactive ketones (excluding diaryl/α,β-unsaturated/α-hetero) is 1. The normalized spacial score (nSPS) is 10.7. The lowest BCUT2D eigenvalue weighted by molar-refractivity contribution is 0.101. The van der Waals surface area contributed by atoms with E-state index in [1.54, 1.807) is 23.9 Å². The van der Waals surface area contributed by atoms with E-state index in [0.29, 0.717) is 23.0 Å². The molecule has 0 atom stereocenters. The van der Waals surface area contributed by atoms with E-state index < -0.39 is 0 Å². The summed E-state index contributed by atoms with van der Waals surface area (Å²) in [4.78, 5) is 20.3. The van der Waals surface area contributed by atoms with Crippen molar-refractivity contribution in [2.75, 3.05) is 0 Å². The molecule has 0 aliphatic carbocycles. The quantitative estimate of drug-likeness (QED) is 0.673. The van der Waals surface area contributed by atoms with Gasteiger partial charge in [0.1, 0.15) is 0 Å². The Kier molecular flexibility index (Phi) is 3.81. The van der Waals surface area contributed by atoms with Crippen LogP contribution >= 0.6 is 15.9 Å². The number of hydrogen-bond donors (Lipinski definition) is 0. The second-order valence-electron chi connectivity index (χ2n) is 4.74. The van der Waals surface area contributed by atoms with Gasteiger partial charge in [0.05, 0.1) is 5.69 Å². The Morgan fingerprint density at radius 1 is 1.18 bits per heavy atom. The maximum Gasteiger partial charge on any atom is 0.181 e. The number of carbonyl (C=O) groups is 1. The van der Waals surface area contributed by atoms with Gasteiger partial charge in [-0.25, -0.2) is 9.97 Å². The predicted octanol–water partition coefficient (Wildman–Crippen LogP) is 3.00. The van der Waals surface area contributed by atoms with E-state index in [1.165, 1.54) is 6.92 Å². The molecule has 0 spiro atoms. The zero-order valence-corrected chi connectivity index (χ0v) is 13.6. The van der Waals surface area contributed by atoms with E-state index in [0.717, 1.165) is 10.0 Å². The molecule has 0 aliphatic rings. The smallest absolute Gasteiger partial charge is 0.181 e. The topological polar surface area (TPSA) is 73.6 Å². The molecule has 3 aromatic rings. The largest absolute Gasteiger partial charge is 0.293 e. The lowest BCUT2D eigenvalue weighted by Crippen LogP contribution is -2.04. The average molecular weight is 358 g/mol. The lowest BCUT2D eigenvalue weighted by Gasteiger charge is -2.05. The zero-order valence-electron chi connectivity index (χ0n) is 12.0. The molecule has 2 aromatic heterocycles. The summed E-state index contributed by atoms with van der Waals surface area (Å²) in [6.45, 7) is 3.26. The van der Waals surface area contributed by atoms with Crippen molar-refractivity contribution in [2.45, 2.75) is 13.8 Å². The molecular formula is C15H12BrN5O. The third-order valence-electron chi connectivity index (χ3n) is 3.19. The van der Waals surface area contributed by atoms with Gasteiger partial charge in [-0.15, -0.1) is 5.10 Å². The molecule has 0 bridgehead atoms. The second-order valence-corrected chi connectivity index (χ2v) is 5.65. The van der Waals surface area contributed by atoms with Gasteiger partial charge in [-0.05, 0) is 19.1 Å². The number of benzene rings is 1.